The van der Waals surface area contributed by atoms with Gasteiger partial charge in [0.15, 0.2) is 5.13 Å². The number of nitrogens with zero attached hydrogens (tertiary/aromatic N) is 2. The molecule has 0 aliphatic carbocycles. The Balaban J connectivity index is 1.68. The maximum atomic E-state index is 12.9. The summed E-state index contributed by atoms with van der Waals surface area (Å²) in [6, 6.07) is 10.9. The van der Waals surface area contributed by atoms with Crippen LogP contribution in [0.15, 0.2) is 65.1 Å². The third kappa shape index (κ3) is 3.94. The lowest BCUT2D eigenvalue weighted by atomic mass is 10.0. The van der Waals surface area contributed by atoms with E-state index in [1.54, 1.807) is 12.4 Å². The summed E-state index contributed by atoms with van der Waals surface area (Å²) in [6.45, 7) is 0. The second-order valence-corrected chi connectivity index (χ2v) is 7.96. The van der Waals surface area contributed by atoms with Gasteiger partial charge in [0.25, 0.3) is 0 Å². The number of alkyl halides is 3. The van der Waals surface area contributed by atoms with Crippen LogP contribution in [0, 0.1) is 0 Å². The number of hydrogen-bond acceptors (Lipinski definition) is 5. The fourth-order valence-electron chi connectivity index (χ4n) is 2.69. The zero-order valence-corrected chi connectivity index (χ0v) is 16.4. The summed E-state index contributed by atoms with van der Waals surface area (Å²) in [5, 5.41) is 4.42. The number of pyridine rings is 1. The van der Waals surface area contributed by atoms with Crippen LogP contribution >= 0.6 is 34.9 Å². The molecule has 2 heterocycles. The number of thiazole rings is 1. The Bertz CT molecular complexity index is 1130. The van der Waals surface area contributed by atoms with E-state index in [0.29, 0.717) is 11.3 Å². The molecule has 0 aliphatic rings. The molecule has 1 N–H and O–H groups in total. The fourth-order valence-corrected chi connectivity index (χ4v) is 4.23. The molecule has 0 fully saturated rings. The minimum Gasteiger partial charge on any atom is -0.302 e. The van der Waals surface area contributed by atoms with Gasteiger partial charge in [-0.25, -0.2) is 4.98 Å². The van der Waals surface area contributed by atoms with Gasteiger partial charge >= 0.3 is 6.18 Å². The quantitative estimate of drug-likeness (QED) is 0.344. The van der Waals surface area contributed by atoms with Crippen molar-refractivity contribution in [2.75, 3.05) is 4.72 Å². The summed E-state index contributed by atoms with van der Waals surface area (Å²) >= 11 is 9.08. The van der Waals surface area contributed by atoms with Crippen LogP contribution in [0.2, 0.25) is 5.02 Å². The number of halogens is 4. The smallest absolute Gasteiger partial charge is 0.302 e. The van der Waals surface area contributed by atoms with Gasteiger partial charge in [-0.1, -0.05) is 23.7 Å². The number of benzene rings is 2. The van der Waals surface area contributed by atoms with Crippen molar-refractivity contribution in [3.05, 3.63) is 70.8 Å². The molecule has 0 unspecified atom stereocenters. The van der Waals surface area contributed by atoms with Crippen LogP contribution in [0.25, 0.3) is 22.0 Å². The fraction of sp³-hybridized carbons (Fsp3) is 0.0526. The minimum atomic E-state index is -4.44. The molecule has 0 atom stereocenters. The summed E-state index contributed by atoms with van der Waals surface area (Å²) < 4.78 is 41.8. The molecule has 4 aromatic rings. The van der Waals surface area contributed by atoms with E-state index < -0.39 is 11.7 Å². The number of fused-ring (bicyclic) bond motifs is 1. The average molecular weight is 438 g/mol. The monoisotopic (exact) mass is 437 g/mol. The van der Waals surface area contributed by atoms with E-state index in [4.69, 9.17) is 11.6 Å². The molecule has 2 aromatic carbocycles. The maximum absolute atomic E-state index is 12.9. The molecule has 0 radical (unpaired) electrons. The van der Waals surface area contributed by atoms with Gasteiger partial charge in [0.2, 0.25) is 0 Å². The van der Waals surface area contributed by atoms with E-state index >= 15 is 0 Å². The van der Waals surface area contributed by atoms with Crippen molar-refractivity contribution in [2.45, 2.75) is 11.1 Å². The molecule has 0 amide bonds. The third-order valence-corrected chi connectivity index (χ3v) is 5.89. The third-order valence-electron chi connectivity index (χ3n) is 3.98. The average Bonchev–Trinajstić information content (AvgIpc) is 3.18. The zero-order valence-electron chi connectivity index (χ0n) is 14.0. The lowest BCUT2D eigenvalue weighted by Gasteiger charge is -2.12. The van der Waals surface area contributed by atoms with Crippen molar-refractivity contribution >= 4 is 50.8 Å². The largest absolute Gasteiger partial charge is 0.416 e. The molecule has 142 valence electrons. The van der Waals surface area contributed by atoms with E-state index in [2.05, 4.69) is 14.7 Å². The van der Waals surface area contributed by atoms with Crippen LogP contribution in [-0.4, -0.2) is 9.97 Å². The maximum Gasteiger partial charge on any atom is 0.416 e. The molecular weight excluding hydrogens is 427 g/mol. The highest BCUT2D eigenvalue weighted by molar-refractivity contribution is 8.00. The first-order valence-electron chi connectivity index (χ1n) is 8.00. The lowest BCUT2D eigenvalue weighted by Crippen LogP contribution is -2.04. The van der Waals surface area contributed by atoms with E-state index in [-0.39, 0.29) is 5.02 Å². The highest BCUT2D eigenvalue weighted by atomic mass is 35.5. The number of nitrogens with one attached hydrogen (secondary N) is 1. The van der Waals surface area contributed by atoms with Crippen molar-refractivity contribution in [3.63, 3.8) is 0 Å². The summed E-state index contributed by atoms with van der Waals surface area (Å²) in [6.07, 6.45) is -1.10. The first kappa shape index (κ1) is 19.0. The van der Waals surface area contributed by atoms with E-state index in [9.17, 15) is 13.2 Å². The molecule has 4 rings (SSSR count). The molecule has 9 heteroatoms. The Morgan fingerprint density at radius 1 is 1.00 bits per heavy atom. The van der Waals surface area contributed by atoms with Crippen LogP contribution < -0.4 is 4.72 Å². The number of rotatable bonds is 4. The van der Waals surface area contributed by atoms with Crippen molar-refractivity contribution in [2.24, 2.45) is 0 Å². The van der Waals surface area contributed by atoms with Crippen molar-refractivity contribution in [1.29, 1.82) is 0 Å². The van der Waals surface area contributed by atoms with E-state index in [1.165, 1.54) is 29.4 Å². The number of aromatic nitrogens is 2. The topological polar surface area (TPSA) is 37.8 Å². The first-order chi connectivity index (χ1) is 13.4. The standard InChI is InChI=1S/C19H11ClF3N3S2/c20-16-10-12(19(21,22)23)1-3-15(16)17-14-4-2-13(9-11(14)5-6-24-17)28-26-18-25-7-8-27-18/h1-10H,(H,25,26). The molecule has 0 saturated carbocycles. The SMILES string of the molecule is FC(F)(F)c1ccc(-c2nccc3cc(SNc4nccs4)ccc23)c(Cl)c1. The highest BCUT2D eigenvalue weighted by Gasteiger charge is 2.31. The Labute approximate surface area is 171 Å². The predicted octanol–water partition coefficient (Wildman–Crippen LogP) is 7.15. The highest BCUT2D eigenvalue weighted by Crippen LogP contribution is 2.37. The molecule has 3 nitrogen and oxygen atoms in total. The normalized spacial score (nSPS) is 11.7. The predicted molar refractivity (Wildman–Crippen MR) is 109 cm³/mol. The van der Waals surface area contributed by atoms with Crippen LogP contribution in [0.1, 0.15) is 5.56 Å². The van der Waals surface area contributed by atoms with Crippen molar-refractivity contribution in [3.8, 4) is 11.3 Å². The van der Waals surface area contributed by atoms with Gasteiger partial charge in [-0.3, -0.25) is 4.98 Å². The molecule has 0 aliphatic heterocycles. The van der Waals surface area contributed by atoms with Gasteiger partial charge in [0, 0.05) is 33.6 Å². The minimum absolute atomic E-state index is 0.0127. The van der Waals surface area contributed by atoms with Crippen molar-refractivity contribution < 1.29 is 13.2 Å². The molecule has 0 bridgehead atoms. The summed E-state index contributed by atoms with van der Waals surface area (Å²) in [5.74, 6) is 0. The molecule has 28 heavy (non-hydrogen) atoms. The summed E-state index contributed by atoms with van der Waals surface area (Å²) in [7, 11) is 0. The molecule has 2 aromatic heterocycles. The lowest BCUT2D eigenvalue weighted by molar-refractivity contribution is -0.137. The van der Waals surface area contributed by atoms with Gasteiger partial charge in [0.1, 0.15) is 0 Å². The Morgan fingerprint density at radius 2 is 1.86 bits per heavy atom. The Morgan fingerprint density at radius 3 is 2.57 bits per heavy atom. The van der Waals surface area contributed by atoms with Gasteiger partial charge in [-0.05, 0) is 47.7 Å². The Kier molecular flexibility index (Phi) is 5.18. The second kappa shape index (κ2) is 7.62. The first-order valence-corrected chi connectivity index (χ1v) is 10.1. The van der Waals surface area contributed by atoms with Crippen LogP contribution in [-0.2, 0) is 6.18 Å². The van der Waals surface area contributed by atoms with Gasteiger partial charge in [0.05, 0.1) is 16.3 Å². The van der Waals surface area contributed by atoms with Crippen molar-refractivity contribution in [1.82, 2.24) is 9.97 Å². The summed E-state index contributed by atoms with van der Waals surface area (Å²) in [4.78, 5) is 9.48. The second-order valence-electron chi connectivity index (χ2n) is 5.78. The summed E-state index contributed by atoms with van der Waals surface area (Å²) in [5.41, 5.74) is 0.218. The van der Waals surface area contributed by atoms with E-state index in [1.807, 2.05) is 29.6 Å². The molecule has 0 spiro atoms. The Hall–Kier alpha value is -2.29. The van der Waals surface area contributed by atoms with Gasteiger partial charge < -0.3 is 4.72 Å². The number of anilines is 1. The van der Waals surface area contributed by atoms with Crippen LogP contribution in [0.3, 0.4) is 0 Å². The van der Waals surface area contributed by atoms with Crippen LogP contribution in [0.4, 0.5) is 18.3 Å². The van der Waals surface area contributed by atoms with Crippen LogP contribution in [0.5, 0.6) is 0 Å². The molecule has 0 saturated heterocycles. The van der Waals surface area contributed by atoms with E-state index in [0.717, 1.165) is 32.9 Å². The van der Waals surface area contributed by atoms with Gasteiger partial charge in [-0.2, -0.15) is 13.2 Å². The van der Waals surface area contributed by atoms with Gasteiger partial charge in [-0.15, -0.1) is 11.3 Å². The number of hydrogen-bond donors (Lipinski definition) is 1. The zero-order chi connectivity index (χ0) is 19.7. The molecular formula is C19H11ClF3N3S2.